The summed E-state index contributed by atoms with van der Waals surface area (Å²) in [5.41, 5.74) is 10.7. The summed E-state index contributed by atoms with van der Waals surface area (Å²) in [7, 11) is 0. The van der Waals surface area contributed by atoms with Gasteiger partial charge in [0, 0.05) is 10.7 Å². The molecule has 6 heteroatoms. The second kappa shape index (κ2) is 6.41. The number of anilines is 1. The predicted molar refractivity (Wildman–Crippen MR) is 81.0 cm³/mol. The average Bonchev–Trinajstić information content (AvgIpc) is 2.41. The Bertz CT molecular complexity index is 619. The lowest BCUT2D eigenvalue weighted by atomic mass is 9.98. The number of benzene rings is 2. The molecule has 0 saturated heterocycles. The molecule has 2 aromatic carbocycles. The van der Waals surface area contributed by atoms with Gasteiger partial charge in [0.2, 0.25) is 0 Å². The van der Waals surface area contributed by atoms with Crippen molar-refractivity contribution in [2.75, 3.05) is 5.73 Å². The van der Waals surface area contributed by atoms with Gasteiger partial charge >= 0.3 is 0 Å². The maximum Gasteiger partial charge on any atom is 0.142 e. The average molecular weight is 314 g/mol. The fourth-order valence-electron chi connectivity index (χ4n) is 2.02. The van der Waals surface area contributed by atoms with Crippen LogP contribution in [0.5, 0.6) is 0 Å². The Labute approximate surface area is 126 Å². The van der Waals surface area contributed by atoms with E-state index in [9.17, 15) is 4.39 Å². The number of nitrogens with one attached hydrogen (secondary N) is 1. The smallest absolute Gasteiger partial charge is 0.142 e. The molecular weight excluding hydrogens is 300 g/mol. The summed E-state index contributed by atoms with van der Waals surface area (Å²) in [6, 6.07) is 9.61. The van der Waals surface area contributed by atoms with E-state index in [1.807, 2.05) is 0 Å². The minimum absolute atomic E-state index is 0.0945. The molecule has 1 unspecified atom stereocenters. The van der Waals surface area contributed by atoms with Crippen LogP contribution in [0.2, 0.25) is 10.0 Å². The first-order chi connectivity index (χ1) is 9.51. The Hall–Kier alpha value is -1.33. The van der Waals surface area contributed by atoms with E-state index in [4.69, 9.17) is 34.8 Å². The van der Waals surface area contributed by atoms with Crippen molar-refractivity contribution < 1.29 is 4.39 Å². The van der Waals surface area contributed by atoms with Crippen LogP contribution < -0.4 is 17.0 Å². The molecule has 5 N–H and O–H groups in total. The third kappa shape index (κ3) is 3.41. The standard InChI is InChI=1S/C14H14Cl2FN3/c15-9-2-3-10(13(18)7-9)14(20-19)6-8-1-4-11(16)12(17)5-8/h1-5,7,14,20H,6,18-19H2. The van der Waals surface area contributed by atoms with Crippen LogP contribution in [0.1, 0.15) is 17.2 Å². The van der Waals surface area contributed by atoms with Gasteiger partial charge in [-0.2, -0.15) is 0 Å². The molecule has 0 aliphatic rings. The van der Waals surface area contributed by atoms with Gasteiger partial charge in [0.1, 0.15) is 5.82 Å². The van der Waals surface area contributed by atoms with E-state index in [1.165, 1.54) is 12.1 Å². The highest BCUT2D eigenvalue weighted by Gasteiger charge is 2.14. The molecule has 0 fully saturated rings. The van der Waals surface area contributed by atoms with Gasteiger partial charge in [0.05, 0.1) is 11.1 Å². The van der Waals surface area contributed by atoms with E-state index in [1.54, 1.807) is 24.3 Å². The second-order valence-electron chi connectivity index (χ2n) is 4.45. The van der Waals surface area contributed by atoms with Crippen LogP contribution in [-0.2, 0) is 6.42 Å². The Balaban J connectivity index is 2.26. The normalized spacial score (nSPS) is 12.4. The topological polar surface area (TPSA) is 64.1 Å². The van der Waals surface area contributed by atoms with Crippen molar-refractivity contribution in [1.29, 1.82) is 0 Å². The maximum atomic E-state index is 13.4. The maximum absolute atomic E-state index is 13.4. The van der Waals surface area contributed by atoms with Crippen molar-refractivity contribution >= 4 is 28.9 Å². The Kier molecular flexibility index (Phi) is 4.83. The molecule has 1 atom stereocenters. The van der Waals surface area contributed by atoms with Crippen molar-refractivity contribution in [3.8, 4) is 0 Å². The summed E-state index contributed by atoms with van der Waals surface area (Å²) >= 11 is 11.5. The molecule has 2 rings (SSSR count). The highest BCUT2D eigenvalue weighted by atomic mass is 35.5. The van der Waals surface area contributed by atoms with Gasteiger partial charge in [-0.1, -0.05) is 35.3 Å². The van der Waals surface area contributed by atoms with Gasteiger partial charge < -0.3 is 5.73 Å². The summed E-state index contributed by atoms with van der Waals surface area (Å²) in [6.07, 6.45) is 0.483. The van der Waals surface area contributed by atoms with Crippen LogP contribution >= 0.6 is 23.2 Å². The lowest BCUT2D eigenvalue weighted by molar-refractivity contribution is 0.550. The number of halogens is 3. The zero-order valence-electron chi connectivity index (χ0n) is 10.5. The second-order valence-corrected chi connectivity index (χ2v) is 5.29. The molecule has 0 bridgehead atoms. The minimum Gasteiger partial charge on any atom is -0.398 e. The molecule has 2 aromatic rings. The SMILES string of the molecule is NNC(Cc1ccc(Cl)c(F)c1)c1ccc(Cl)cc1N. The van der Waals surface area contributed by atoms with E-state index in [0.717, 1.165) is 11.1 Å². The fourth-order valence-corrected chi connectivity index (χ4v) is 2.32. The van der Waals surface area contributed by atoms with Crippen molar-refractivity contribution in [3.63, 3.8) is 0 Å². The van der Waals surface area contributed by atoms with E-state index >= 15 is 0 Å². The lowest BCUT2D eigenvalue weighted by Gasteiger charge is -2.18. The summed E-state index contributed by atoms with van der Waals surface area (Å²) in [5.74, 6) is 5.11. The largest absolute Gasteiger partial charge is 0.398 e. The molecule has 0 amide bonds. The third-order valence-corrected chi connectivity index (χ3v) is 3.59. The van der Waals surface area contributed by atoms with Crippen LogP contribution in [0, 0.1) is 5.82 Å². The fraction of sp³-hybridized carbons (Fsp3) is 0.143. The van der Waals surface area contributed by atoms with E-state index in [0.29, 0.717) is 17.1 Å². The van der Waals surface area contributed by atoms with E-state index in [-0.39, 0.29) is 11.1 Å². The van der Waals surface area contributed by atoms with E-state index in [2.05, 4.69) is 5.43 Å². The zero-order chi connectivity index (χ0) is 14.7. The Morgan fingerprint density at radius 2 is 1.90 bits per heavy atom. The van der Waals surface area contributed by atoms with Gasteiger partial charge in [-0.3, -0.25) is 11.3 Å². The molecular formula is C14H14Cl2FN3. The first-order valence-electron chi connectivity index (χ1n) is 5.96. The molecule has 0 radical (unpaired) electrons. The number of nitrogens with two attached hydrogens (primary N) is 2. The van der Waals surface area contributed by atoms with Crippen LogP contribution in [-0.4, -0.2) is 0 Å². The van der Waals surface area contributed by atoms with Crippen LogP contribution in [0.25, 0.3) is 0 Å². The highest BCUT2D eigenvalue weighted by molar-refractivity contribution is 6.31. The minimum atomic E-state index is -0.455. The Morgan fingerprint density at radius 1 is 1.15 bits per heavy atom. The molecule has 0 aliphatic carbocycles. The molecule has 0 heterocycles. The number of nitrogen functional groups attached to an aromatic ring is 1. The molecule has 20 heavy (non-hydrogen) atoms. The van der Waals surface area contributed by atoms with Gasteiger partial charge in [0.15, 0.2) is 0 Å². The van der Waals surface area contributed by atoms with Crippen LogP contribution in [0.3, 0.4) is 0 Å². The van der Waals surface area contributed by atoms with Gasteiger partial charge in [0.25, 0.3) is 0 Å². The monoisotopic (exact) mass is 313 g/mol. The summed E-state index contributed by atoms with van der Waals surface area (Å²) in [6.45, 7) is 0. The molecule has 0 aromatic heterocycles. The predicted octanol–water partition coefficient (Wildman–Crippen LogP) is 3.46. The van der Waals surface area contributed by atoms with Crippen molar-refractivity contribution in [2.45, 2.75) is 12.5 Å². The first kappa shape index (κ1) is 15.1. The third-order valence-electron chi connectivity index (χ3n) is 3.05. The van der Waals surface area contributed by atoms with Crippen LogP contribution in [0.15, 0.2) is 36.4 Å². The summed E-state index contributed by atoms with van der Waals surface area (Å²) in [5, 5.41) is 0.650. The lowest BCUT2D eigenvalue weighted by Crippen LogP contribution is -2.30. The molecule has 0 aliphatic heterocycles. The number of hydrazine groups is 1. The number of rotatable bonds is 4. The summed E-state index contributed by atoms with van der Waals surface area (Å²) in [4.78, 5) is 0. The number of hydrogen-bond acceptors (Lipinski definition) is 3. The van der Waals surface area contributed by atoms with E-state index < -0.39 is 5.82 Å². The van der Waals surface area contributed by atoms with Crippen LogP contribution in [0.4, 0.5) is 10.1 Å². The first-order valence-corrected chi connectivity index (χ1v) is 6.72. The summed E-state index contributed by atoms with van der Waals surface area (Å²) < 4.78 is 13.4. The molecule has 3 nitrogen and oxygen atoms in total. The quantitative estimate of drug-likeness (QED) is 0.460. The molecule has 0 saturated carbocycles. The van der Waals surface area contributed by atoms with Crippen molar-refractivity contribution in [3.05, 3.63) is 63.4 Å². The molecule has 106 valence electrons. The molecule has 0 spiro atoms. The van der Waals surface area contributed by atoms with Crippen molar-refractivity contribution in [1.82, 2.24) is 5.43 Å². The van der Waals surface area contributed by atoms with Crippen molar-refractivity contribution in [2.24, 2.45) is 5.84 Å². The highest BCUT2D eigenvalue weighted by Crippen LogP contribution is 2.27. The van der Waals surface area contributed by atoms with Gasteiger partial charge in [-0.15, -0.1) is 0 Å². The van der Waals surface area contributed by atoms with Gasteiger partial charge in [-0.25, -0.2) is 4.39 Å². The zero-order valence-corrected chi connectivity index (χ0v) is 12.0. The Morgan fingerprint density at radius 3 is 2.50 bits per heavy atom. The number of hydrogen-bond donors (Lipinski definition) is 3. The van der Waals surface area contributed by atoms with Gasteiger partial charge in [-0.05, 0) is 41.8 Å².